The number of benzene rings is 3. The van der Waals surface area contributed by atoms with Gasteiger partial charge in [0.2, 0.25) is 0 Å². The standard InChI is InChI=1S/C29H26F3N3O4S/c1-18-3-12-24(19(2)15-18)25-17-40-28(34-25)35(22-8-10-23(11-9-22)39-29(30,31)32)16-20-4-6-21(7-5-20)27(38)33-14-13-26(36)37/h3-12,15,17H,13-14,16H2,1-2H3,(H,33,38)(H,36,37). The zero-order valence-electron chi connectivity index (χ0n) is 21.7. The van der Waals surface area contributed by atoms with Crippen LogP contribution in [0.4, 0.5) is 24.0 Å². The monoisotopic (exact) mass is 569 g/mol. The van der Waals surface area contributed by atoms with Crippen LogP contribution in [0.3, 0.4) is 0 Å². The van der Waals surface area contributed by atoms with Gasteiger partial charge < -0.3 is 20.1 Å². The van der Waals surface area contributed by atoms with Crippen LogP contribution < -0.4 is 15.0 Å². The fourth-order valence-corrected chi connectivity index (χ4v) is 4.88. The van der Waals surface area contributed by atoms with Crippen LogP contribution in [-0.4, -0.2) is 34.9 Å². The summed E-state index contributed by atoms with van der Waals surface area (Å²) in [5.41, 5.74) is 5.79. The van der Waals surface area contributed by atoms with Gasteiger partial charge in [0.15, 0.2) is 5.13 Å². The Bertz CT molecular complexity index is 1490. The molecule has 0 atom stereocenters. The predicted molar refractivity (Wildman–Crippen MR) is 147 cm³/mol. The highest BCUT2D eigenvalue weighted by Crippen LogP contribution is 2.36. The summed E-state index contributed by atoms with van der Waals surface area (Å²) < 4.78 is 42.0. The number of alkyl halides is 3. The molecule has 1 aromatic heterocycles. The van der Waals surface area contributed by atoms with Crippen molar-refractivity contribution in [3.63, 3.8) is 0 Å². The van der Waals surface area contributed by atoms with Gasteiger partial charge in [-0.05, 0) is 61.4 Å². The molecule has 4 aromatic rings. The van der Waals surface area contributed by atoms with Crippen LogP contribution >= 0.6 is 11.3 Å². The lowest BCUT2D eigenvalue weighted by atomic mass is 10.0. The molecule has 0 aliphatic heterocycles. The van der Waals surface area contributed by atoms with Gasteiger partial charge in [-0.2, -0.15) is 0 Å². The fourth-order valence-electron chi connectivity index (χ4n) is 4.04. The minimum atomic E-state index is -4.79. The van der Waals surface area contributed by atoms with E-state index in [2.05, 4.69) is 16.1 Å². The van der Waals surface area contributed by atoms with Crippen molar-refractivity contribution >= 4 is 34.0 Å². The number of amides is 1. The molecule has 0 bridgehead atoms. The summed E-state index contributed by atoms with van der Waals surface area (Å²) in [4.78, 5) is 29.7. The molecule has 1 amide bonds. The molecule has 11 heteroatoms. The number of halogens is 3. The number of carbonyl (C=O) groups excluding carboxylic acids is 1. The summed E-state index contributed by atoms with van der Waals surface area (Å²) in [6.07, 6.45) is -4.97. The number of rotatable bonds is 10. The molecule has 0 spiro atoms. The maximum absolute atomic E-state index is 12.7. The quantitative estimate of drug-likeness (QED) is 0.217. The van der Waals surface area contributed by atoms with Crippen molar-refractivity contribution in [2.45, 2.75) is 33.2 Å². The van der Waals surface area contributed by atoms with Crippen LogP contribution in [0.2, 0.25) is 0 Å². The summed E-state index contributed by atoms with van der Waals surface area (Å²) in [7, 11) is 0. The van der Waals surface area contributed by atoms with Gasteiger partial charge in [-0.25, -0.2) is 4.98 Å². The first-order valence-corrected chi connectivity index (χ1v) is 13.1. The van der Waals surface area contributed by atoms with E-state index in [9.17, 15) is 22.8 Å². The molecule has 1 heterocycles. The first-order chi connectivity index (χ1) is 19.0. The SMILES string of the molecule is Cc1ccc(-c2csc(N(Cc3ccc(C(=O)NCCC(=O)O)cc3)c3ccc(OC(F)(F)F)cc3)n2)c(C)c1. The molecule has 4 rings (SSSR count). The van der Waals surface area contributed by atoms with E-state index in [1.54, 1.807) is 24.3 Å². The predicted octanol–water partition coefficient (Wildman–Crippen LogP) is 6.87. The second-order valence-corrected chi connectivity index (χ2v) is 9.89. The van der Waals surface area contributed by atoms with E-state index in [-0.39, 0.29) is 24.6 Å². The molecule has 0 unspecified atom stereocenters. The summed E-state index contributed by atoms with van der Waals surface area (Å²) >= 11 is 1.40. The third kappa shape index (κ3) is 7.60. The Hall–Kier alpha value is -4.38. The van der Waals surface area contributed by atoms with Crippen LogP contribution in [0.25, 0.3) is 11.3 Å². The second-order valence-electron chi connectivity index (χ2n) is 9.06. The summed E-state index contributed by atoms with van der Waals surface area (Å²) in [5.74, 6) is -1.72. The van der Waals surface area contributed by atoms with Gasteiger partial charge >= 0.3 is 12.3 Å². The van der Waals surface area contributed by atoms with E-state index in [1.165, 1.54) is 35.6 Å². The van der Waals surface area contributed by atoms with E-state index >= 15 is 0 Å². The minimum absolute atomic E-state index is 0.0184. The Balaban J connectivity index is 1.60. The largest absolute Gasteiger partial charge is 0.573 e. The third-order valence-corrected chi connectivity index (χ3v) is 6.81. The van der Waals surface area contributed by atoms with E-state index < -0.39 is 12.3 Å². The Kier molecular flexibility index (Phi) is 8.73. The van der Waals surface area contributed by atoms with Gasteiger partial charge in [-0.3, -0.25) is 9.59 Å². The first kappa shape index (κ1) is 28.6. The fraction of sp³-hybridized carbons (Fsp3) is 0.207. The molecule has 3 aromatic carbocycles. The summed E-state index contributed by atoms with van der Waals surface area (Å²) in [6.45, 7) is 4.37. The van der Waals surface area contributed by atoms with Crippen LogP contribution in [0, 0.1) is 13.8 Å². The number of carboxylic acid groups (broad SMARTS) is 1. The maximum atomic E-state index is 12.7. The molecule has 0 aliphatic carbocycles. The average Bonchev–Trinajstić information content (AvgIpc) is 3.36. The number of carbonyl (C=O) groups is 2. The lowest BCUT2D eigenvalue weighted by molar-refractivity contribution is -0.274. The molecule has 0 aliphatic rings. The average molecular weight is 570 g/mol. The number of anilines is 2. The van der Waals surface area contributed by atoms with E-state index in [0.29, 0.717) is 22.9 Å². The summed E-state index contributed by atoms with van der Waals surface area (Å²) in [6, 6.07) is 18.4. The highest BCUT2D eigenvalue weighted by Gasteiger charge is 2.31. The number of carboxylic acids is 1. The number of aromatic nitrogens is 1. The Morgan fingerprint density at radius 2 is 1.73 bits per heavy atom. The molecular formula is C29H26F3N3O4S. The van der Waals surface area contributed by atoms with Crippen LogP contribution in [0.15, 0.2) is 72.1 Å². The van der Waals surface area contributed by atoms with Gasteiger partial charge in [0, 0.05) is 28.7 Å². The Morgan fingerprint density at radius 1 is 1.02 bits per heavy atom. The van der Waals surface area contributed by atoms with Crippen molar-refractivity contribution in [2.24, 2.45) is 0 Å². The van der Waals surface area contributed by atoms with E-state index in [0.717, 1.165) is 27.9 Å². The molecule has 0 fully saturated rings. The second kappa shape index (κ2) is 12.2. The van der Waals surface area contributed by atoms with Crippen molar-refractivity contribution in [3.8, 4) is 17.0 Å². The van der Waals surface area contributed by atoms with E-state index in [1.807, 2.05) is 36.3 Å². The van der Waals surface area contributed by atoms with Crippen molar-refractivity contribution in [1.29, 1.82) is 0 Å². The number of nitrogens with one attached hydrogen (secondary N) is 1. The van der Waals surface area contributed by atoms with Crippen molar-refractivity contribution in [1.82, 2.24) is 10.3 Å². The maximum Gasteiger partial charge on any atom is 0.573 e. The lowest BCUT2D eigenvalue weighted by Crippen LogP contribution is -2.26. The first-order valence-electron chi connectivity index (χ1n) is 12.2. The van der Waals surface area contributed by atoms with Crippen LogP contribution in [0.5, 0.6) is 5.75 Å². The molecule has 0 radical (unpaired) electrons. The molecule has 40 heavy (non-hydrogen) atoms. The van der Waals surface area contributed by atoms with Crippen molar-refractivity contribution < 1.29 is 32.6 Å². The number of nitrogens with zero attached hydrogens (tertiary/aromatic N) is 2. The smallest absolute Gasteiger partial charge is 0.481 e. The number of aliphatic carboxylic acids is 1. The van der Waals surface area contributed by atoms with Gasteiger partial charge in [0.1, 0.15) is 5.75 Å². The van der Waals surface area contributed by atoms with E-state index in [4.69, 9.17) is 10.1 Å². The molecule has 2 N–H and O–H groups in total. The minimum Gasteiger partial charge on any atom is -0.481 e. The molecule has 7 nitrogen and oxygen atoms in total. The van der Waals surface area contributed by atoms with Gasteiger partial charge in [-0.1, -0.05) is 35.9 Å². The van der Waals surface area contributed by atoms with Gasteiger partial charge in [-0.15, -0.1) is 24.5 Å². The molecule has 0 saturated carbocycles. The lowest BCUT2D eigenvalue weighted by Gasteiger charge is -2.23. The normalized spacial score (nSPS) is 11.2. The van der Waals surface area contributed by atoms with Gasteiger partial charge in [0.25, 0.3) is 5.91 Å². The number of hydrogen-bond acceptors (Lipinski definition) is 6. The van der Waals surface area contributed by atoms with Crippen LogP contribution in [-0.2, 0) is 11.3 Å². The number of thiazole rings is 1. The zero-order valence-corrected chi connectivity index (χ0v) is 22.5. The number of aryl methyl sites for hydroxylation is 2. The molecular weight excluding hydrogens is 543 g/mol. The number of ether oxygens (including phenoxy) is 1. The van der Waals surface area contributed by atoms with Gasteiger partial charge in [0.05, 0.1) is 18.7 Å². The summed E-state index contributed by atoms with van der Waals surface area (Å²) in [5, 5.41) is 13.9. The Morgan fingerprint density at radius 3 is 2.35 bits per heavy atom. The van der Waals surface area contributed by atoms with Crippen LogP contribution in [0.1, 0.15) is 33.5 Å². The Labute approximate surface area is 232 Å². The molecule has 0 saturated heterocycles. The topological polar surface area (TPSA) is 91.8 Å². The van der Waals surface area contributed by atoms with Crippen molar-refractivity contribution in [3.05, 3.63) is 94.4 Å². The zero-order chi connectivity index (χ0) is 28.9. The highest BCUT2D eigenvalue weighted by molar-refractivity contribution is 7.14. The number of hydrogen-bond donors (Lipinski definition) is 2. The molecule has 208 valence electrons. The van der Waals surface area contributed by atoms with Crippen molar-refractivity contribution in [2.75, 3.05) is 11.4 Å². The highest BCUT2D eigenvalue weighted by atomic mass is 32.1. The third-order valence-electron chi connectivity index (χ3n) is 5.94.